The first kappa shape index (κ1) is 10.8. The number of carboxylic acids is 1. The van der Waals surface area contributed by atoms with Crippen LogP contribution in [0.4, 0.5) is 10.5 Å². The highest BCUT2D eigenvalue weighted by atomic mass is 35.5. The van der Waals surface area contributed by atoms with Gasteiger partial charge in [0, 0.05) is 4.88 Å². The molecule has 4 N–H and O–H groups in total. The zero-order chi connectivity index (χ0) is 10.7. The minimum absolute atomic E-state index is 0.188. The molecule has 0 radical (unpaired) electrons. The summed E-state index contributed by atoms with van der Waals surface area (Å²) in [4.78, 5) is 21.5. The second-order valence-corrected chi connectivity index (χ2v) is 4.22. The topological polar surface area (TPSA) is 92.4 Å². The monoisotopic (exact) mass is 234 g/mol. The highest BCUT2D eigenvalue weighted by Crippen LogP contribution is 2.31. The molecule has 1 aromatic heterocycles. The molecule has 0 unspecified atom stereocenters. The van der Waals surface area contributed by atoms with E-state index in [0.29, 0.717) is 14.9 Å². The van der Waals surface area contributed by atoms with Crippen molar-refractivity contribution in [3.63, 3.8) is 0 Å². The molecule has 0 fully saturated rings. The average Bonchev–Trinajstić information content (AvgIpc) is 2.28. The number of urea groups is 1. The predicted octanol–water partition coefficient (Wildman–Crippen LogP) is 1.52. The summed E-state index contributed by atoms with van der Waals surface area (Å²) >= 11 is 6.76. The molecule has 5 nitrogen and oxygen atoms in total. The fourth-order valence-corrected chi connectivity index (χ4v) is 2.12. The fourth-order valence-electron chi connectivity index (χ4n) is 0.903. The lowest BCUT2D eigenvalue weighted by molar-refractivity contribution is -0.136. The number of thiophene rings is 1. The molecule has 7 heteroatoms. The number of halogens is 1. The van der Waals surface area contributed by atoms with E-state index in [4.69, 9.17) is 22.4 Å². The van der Waals surface area contributed by atoms with Crippen LogP contribution in [0.2, 0.25) is 4.34 Å². The first-order valence-electron chi connectivity index (χ1n) is 3.55. The maximum absolute atomic E-state index is 10.5. The van der Waals surface area contributed by atoms with Gasteiger partial charge in [0.2, 0.25) is 0 Å². The molecule has 0 aromatic carbocycles. The molecular weight excluding hydrogens is 228 g/mol. The van der Waals surface area contributed by atoms with Crippen molar-refractivity contribution in [3.8, 4) is 0 Å². The van der Waals surface area contributed by atoms with Crippen LogP contribution in [0.1, 0.15) is 4.88 Å². The third-order valence-corrected chi connectivity index (χ3v) is 2.61. The van der Waals surface area contributed by atoms with Crippen LogP contribution in [0, 0.1) is 0 Å². The number of nitrogens with two attached hydrogens (primary N) is 1. The van der Waals surface area contributed by atoms with E-state index in [1.165, 1.54) is 6.07 Å². The smallest absolute Gasteiger partial charge is 0.316 e. The van der Waals surface area contributed by atoms with Crippen molar-refractivity contribution in [2.24, 2.45) is 5.73 Å². The van der Waals surface area contributed by atoms with Gasteiger partial charge in [-0.3, -0.25) is 4.79 Å². The first-order chi connectivity index (χ1) is 6.49. The van der Waals surface area contributed by atoms with Gasteiger partial charge in [0.05, 0.1) is 16.4 Å². The number of aliphatic carboxylic acids is 1. The molecule has 76 valence electrons. The molecule has 0 bridgehead atoms. The second kappa shape index (κ2) is 4.30. The largest absolute Gasteiger partial charge is 0.481 e. The number of primary amides is 1. The Morgan fingerprint density at radius 2 is 2.29 bits per heavy atom. The number of carbonyl (C=O) groups excluding carboxylic acids is 1. The van der Waals surface area contributed by atoms with Gasteiger partial charge in [0.1, 0.15) is 0 Å². The van der Waals surface area contributed by atoms with Crippen LogP contribution in [-0.4, -0.2) is 17.1 Å². The van der Waals surface area contributed by atoms with Crippen molar-refractivity contribution in [2.45, 2.75) is 6.42 Å². The van der Waals surface area contributed by atoms with Crippen molar-refractivity contribution in [2.75, 3.05) is 5.32 Å². The lowest BCUT2D eigenvalue weighted by atomic mass is 10.3. The van der Waals surface area contributed by atoms with E-state index >= 15 is 0 Å². The number of rotatable bonds is 3. The Kier molecular flexibility index (Phi) is 3.32. The molecule has 0 saturated carbocycles. The predicted molar refractivity (Wildman–Crippen MR) is 53.9 cm³/mol. The summed E-state index contributed by atoms with van der Waals surface area (Å²) in [6.45, 7) is 0. The Bertz CT molecular complexity index is 344. The highest BCUT2D eigenvalue weighted by Gasteiger charge is 2.12. The van der Waals surface area contributed by atoms with Crippen molar-refractivity contribution in [3.05, 3.63) is 15.3 Å². The van der Waals surface area contributed by atoms with E-state index in [0.717, 1.165) is 11.3 Å². The van der Waals surface area contributed by atoms with Gasteiger partial charge in [-0.2, -0.15) is 0 Å². The molecule has 0 aliphatic heterocycles. The summed E-state index contributed by atoms with van der Waals surface area (Å²) in [7, 11) is 0. The highest BCUT2D eigenvalue weighted by molar-refractivity contribution is 7.16. The number of anilines is 1. The molecule has 0 aliphatic carbocycles. The molecule has 0 saturated heterocycles. The van der Waals surface area contributed by atoms with Gasteiger partial charge < -0.3 is 16.2 Å². The second-order valence-electron chi connectivity index (χ2n) is 2.45. The summed E-state index contributed by atoms with van der Waals surface area (Å²) in [6.07, 6.45) is -0.188. The van der Waals surface area contributed by atoms with Gasteiger partial charge in [0.25, 0.3) is 0 Å². The van der Waals surface area contributed by atoms with Crippen molar-refractivity contribution in [1.29, 1.82) is 0 Å². The first-order valence-corrected chi connectivity index (χ1v) is 4.75. The number of nitrogens with one attached hydrogen (secondary N) is 1. The molecule has 2 amide bonds. The van der Waals surface area contributed by atoms with Crippen LogP contribution in [0.3, 0.4) is 0 Å². The Balaban J connectivity index is 2.90. The van der Waals surface area contributed by atoms with Crippen molar-refractivity contribution < 1.29 is 14.7 Å². The lowest BCUT2D eigenvalue weighted by Crippen LogP contribution is -2.19. The lowest BCUT2D eigenvalue weighted by Gasteiger charge is -2.00. The third-order valence-electron chi connectivity index (χ3n) is 1.35. The van der Waals surface area contributed by atoms with Crippen molar-refractivity contribution >= 4 is 40.6 Å². The van der Waals surface area contributed by atoms with Crippen LogP contribution in [0.25, 0.3) is 0 Å². The Morgan fingerprint density at radius 3 is 2.79 bits per heavy atom. The summed E-state index contributed by atoms with van der Waals surface area (Å²) < 4.78 is 0.407. The van der Waals surface area contributed by atoms with E-state index in [2.05, 4.69) is 5.32 Å². The van der Waals surface area contributed by atoms with E-state index in [-0.39, 0.29) is 6.42 Å². The van der Waals surface area contributed by atoms with Gasteiger partial charge in [-0.25, -0.2) is 4.79 Å². The standard InChI is InChI=1S/C7H7ClN2O3S/c8-5-1-3(10-7(9)13)4(14-5)2-6(11)12/h1H,2H2,(H,11,12)(H3,9,10,13). The van der Waals surface area contributed by atoms with E-state index < -0.39 is 12.0 Å². The number of hydrogen-bond acceptors (Lipinski definition) is 3. The summed E-state index contributed by atoms with van der Waals surface area (Å²) in [5.41, 5.74) is 5.25. The molecule has 0 atom stereocenters. The van der Waals surface area contributed by atoms with E-state index in [9.17, 15) is 9.59 Å². The zero-order valence-electron chi connectivity index (χ0n) is 6.91. The molecule has 0 spiro atoms. The molecule has 1 heterocycles. The third kappa shape index (κ3) is 2.90. The average molecular weight is 235 g/mol. The number of amides is 2. The molecule has 14 heavy (non-hydrogen) atoms. The van der Waals surface area contributed by atoms with Crippen LogP contribution in [0.15, 0.2) is 6.07 Å². The van der Waals surface area contributed by atoms with E-state index in [1.807, 2.05) is 0 Å². The molecule has 1 rings (SSSR count). The number of carbonyl (C=O) groups is 2. The maximum Gasteiger partial charge on any atom is 0.316 e. The summed E-state index contributed by atoms with van der Waals surface area (Å²) in [6, 6.07) is 0.723. The van der Waals surface area contributed by atoms with Gasteiger partial charge in [0.15, 0.2) is 0 Å². The minimum atomic E-state index is -0.990. The van der Waals surface area contributed by atoms with Gasteiger partial charge in [-0.05, 0) is 6.07 Å². The quantitative estimate of drug-likeness (QED) is 0.740. The molecule has 1 aromatic rings. The van der Waals surface area contributed by atoms with Gasteiger partial charge in [-0.1, -0.05) is 11.6 Å². The molecular formula is C7H7ClN2O3S. The van der Waals surface area contributed by atoms with Gasteiger partial charge >= 0.3 is 12.0 Å². The van der Waals surface area contributed by atoms with E-state index in [1.54, 1.807) is 0 Å². The summed E-state index contributed by atoms with van der Waals surface area (Å²) in [5, 5.41) is 10.9. The maximum atomic E-state index is 10.5. The minimum Gasteiger partial charge on any atom is -0.481 e. The van der Waals surface area contributed by atoms with Crippen LogP contribution in [0.5, 0.6) is 0 Å². The number of carboxylic acid groups (broad SMARTS) is 1. The van der Waals surface area contributed by atoms with Crippen LogP contribution in [-0.2, 0) is 11.2 Å². The van der Waals surface area contributed by atoms with Crippen molar-refractivity contribution in [1.82, 2.24) is 0 Å². The number of hydrogen-bond donors (Lipinski definition) is 3. The SMILES string of the molecule is NC(=O)Nc1cc(Cl)sc1CC(=O)O. The fraction of sp³-hybridized carbons (Fsp3) is 0.143. The van der Waals surface area contributed by atoms with Crippen LogP contribution < -0.4 is 11.1 Å². The Labute approximate surface area is 88.5 Å². The van der Waals surface area contributed by atoms with Gasteiger partial charge in [-0.15, -0.1) is 11.3 Å². The Morgan fingerprint density at radius 1 is 1.64 bits per heavy atom. The summed E-state index contributed by atoms with van der Waals surface area (Å²) in [5.74, 6) is -0.990. The zero-order valence-corrected chi connectivity index (χ0v) is 8.48. The molecule has 0 aliphatic rings. The normalized spacial score (nSPS) is 9.79. The Hall–Kier alpha value is -1.27. The van der Waals surface area contributed by atoms with Crippen LogP contribution >= 0.6 is 22.9 Å².